The number of nitrogens with one attached hydrogen (secondary N) is 1. The van der Waals surface area contributed by atoms with Crippen molar-refractivity contribution in [3.8, 4) is 0 Å². The van der Waals surface area contributed by atoms with Crippen LogP contribution in [0.5, 0.6) is 0 Å². The number of nitrogens with zero attached hydrogens (tertiary/aromatic N) is 1. The van der Waals surface area contributed by atoms with Gasteiger partial charge >= 0.3 is 0 Å². The van der Waals surface area contributed by atoms with E-state index in [1.54, 1.807) is 30.3 Å². The van der Waals surface area contributed by atoms with E-state index in [2.05, 4.69) is 5.32 Å². The number of carbonyl (C=O) groups is 1. The third-order valence-electron chi connectivity index (χ3n) is 2.43. The standard InChI is InChI=1S/C13H9ClN2O3.H2O/c14-9-4-3-5-10(8-9)15-13(17)11-6-1-2-7-12(11)16(18)19;/h1-8H,(H,15,17);1H2. The largest absolute Gasteiger partial charge is 0.412 e. The monoisotopic (exact) mass is 294 g/mol. The Hall–Kier alpha value is -2.44. The lowest BCUT2D eigenvalue weighted by Crippen LogP contribution is -2.13. The molecule has 7 heteroatoms. The quantitative estimate of drug-likeness (QED) is 0.695. The molecule has 0 aromatic heterocycles. The molecule has 0 bridgehead atoms. The molecule has 1 amide bonds. The predicted octanol–water partition coefficient (Wildman–Crippen LogP) is 2.68. The topological polar surface area (TPSA) is 104 Å². The van der Waals surface area contributed by atoms with Crippen LogP contribution in [0.15, 0.2) is 48.5 Å². The van der Waals surface area contributed by atoms with Gasteiger partial charge in [-0.3, -0.25) is 14.9 Å². The summed E-state index contributed by atoms with van der Waals surface area (Å²) in [5.41, 5.74) is 0.255. The number of carbonyl (C=O) groups excluding carboxylic acids is 1. The molecule has 20 heavy (non-hydrogen) atoms. The number of halogens is 1. The molecule has 0 atom stereocenters. The number of anilines is 1. The second-order valence-electron chi connectivity index (χ2n) is 3.74. The van der Waals surface area contributed by atoms with Crippen LogP contribution in [0.3, 0.4) is 0 Å². The Balaban J connectivity index is 0.00000200. The number of benzene rings is 2. The first-order chi connectivity index (χ1) is 9.08. The first-order valence-electron chi connectivity index (χ1n) is 5.38. The van der Waals surface area contributed by atoms with Gasteiger partial charge in [0.05, 0.1) is 4.92 Å². The van der Waals surface area contributed by atoms with Crippen molar-refractivity contribution in [2.24, 2.45) is 0 Å². The Morgan fingerprint density at radius 1 is 1.15 bits per heavy atom. The van der Waals surface area contributed by atoms with Gasteiger partial charge in [-0.05, 0) is 24.3 Å². The van der Waals surface area contributed by atoms with Crippen molar-refractivity contribution in [3.63, 3.8) is 0 Å². The molecule has 0 fully saturated rings. The fourth-order valence-electron chi connectivity index (χ4n) is 1.59. The Labute approximate surface area is 119 Å². The molecule has 3 N–H and O–H groups in total. The third-order valence-corrected chi connectivity index (χ3v) is 2.66. The highest BCUT2D eigenvalue weighted by Crippen LogP contribution is 2.20. The van der Waals surface area contributed by atoms with Gasteiger partial charge in [-0.2, -0.15) is 0 Å². The molecule has 0 spiro atoms. The van der Waals surface area contributed by atoms with Crippen LogP contribution in [0.2, 0.25) is 5.02 Å². The van der Waals surface area contributed by atoms with Crippen molar-refractivity contribution < 1.29 is 15.2 Å². The minimum Gasteiger partial charge on any atom is -0.412 e. The lowest BCUT2D eigenvalue weighted by molar-refractivity contribution is -0.385. The minimum absolute atomic E-state index is 0. The van der Waals surface area contributed by atoms with Crippen molar-refractivity contribution in [3.05, 3.63) is 69.2 Å². The fourth-order valence-corrected chi connectivity index (χ4v) is 1.78. The van der Waals surface area contributed by atoms with Gasteiger partial charge in [-0.25, -0.2) is 0 Å². The summed E-state index contributed by atoms with van der Waals surface area (Å²) in [7, 11) is 0. The molecule has 2 rings (SSSR count). The summed E-state index contributed by atoms with van der Waals surface area (Å²) in [6, 6.07) is 12.3. The molecular formula is C13H11ClN2O4. The Bertz CT molecular complexity index is 646. The molecule has 0 aliphatic rings. The number of nitro benzene ring substituents is 1. The van der Waals surface area contributed by atoms with Gasteiger partial charge < -0.3 is 10.8 Å². The van der Waals surface area contributed by atoms with Crippen LogP contribution in [0.25, 0.3) is 0 Å². The van der Waals surface area contributed by atoms with E-state index in [4.69, 9.17) is 11.6 Å². The average molecular weight is 295 g/mol. The number of hydrogen-bond acceptors (Lipinski definition) is 3. The Morgan fingerprint density at radius 3 is 2.50 bits per heavy atom. The maximum atomic E-state index is 12.0. The first kappa shape index (κ1) is 15.6. The van der Waals surface area contributed by atoms with E-state index in [1.807, 2.05) is 0 Å². The number of amides is 1. The lowest BCUT2D eigenvalue weighted by Gasteiger charge is -2.05. The highest BCUT2D eigenvalue weighted by atomic mass is 35.5. The van der Waals surface area contributed by atoms with Crippen LogP contribution in [0.4, 0.5) is 11.4 Å². The van der Waals surface area contributed by atoms with Gasteiger partial charge in [-0.1, -0.05) is 29.8 Å². The SMILES string of the molecule is O.O=C(Nc1cccc(Cl)c1)c1ccccc1[N+](=O)[O-]. The summed E-state index contributed by atoms with van der Waals surface area (Å²) in [5.74, 6) is -0.547. The van der Waals surface area contributed by atoms with Gasteiger partial charge in [0.2, 0.25) is 0 Å². The van der Waals surface area contributed by atoms with Crippen LogP contribution < -0.4 is 5.32 Å². The Kier molecular flexibility index (Phi) is 5.19. The van der Waals surface area contributed by atoms with Crippen molar-refractivity contribution >= 4 is 28.9 Å². The zero-order valence-corrected chi connectivity index (χ0v) is 10.9. The van der Waals surface area contributed by atoms with Crippen LogP contribution in [0.1, 0.15) is 10.4 Å². The van der Waals surface area contributed by atoms with Crippen LogP contribution in [-0.2, 0) is 0 Å². The zero-order chi connectivity index (χ0) is 13.8. The van der Waals surface area contributed by atoms with Crippen molar-refractivity contribution in [2.75, 3.05) is 5.32 Å². The molecule has 0 unspecified atom stereocenters. The summed E-state index contributed by atoms with van der Waals surface area (Å²) in [6.07, 6.45) is 0. The third kappa shape index (κ3) is 3.53. The van der Waals surface area contributed by atoms with E-state index in [1.165, 1.54) is 18.2 Å². The second kappa shape index (κ2) is 6.65. The molecular weight excluding hydrogens is 284 g/mol. The lowest BCUT2D eigenvalue weighted by atomic mass is 10.1. The number of rotatable bonds is 3. The number of para-hydroxylation sites is 1. The van der Waals surface area contributed by atoms with E-state index in [9.17, 15) is 14.9 Å². The average Bonchev–Trinajstić information content (AvgIpc) is 2.38. The van der Waals surface area contributed by atoms with Gasteiger partial charge in [-0.15, -0.1) is 0 Å². The number of hydrogen-bond donors (Lipinski definition) is 1. The summed E-state index contributed by atoms with van der Waals surface area (Å²) in [5, 5.41) is 13.9. The van der Waals surface area contributed by atoms with Crippen LogP contribution in [-0.4, -0.2) is 16.3 Å². The maximum absolute atomic E-state index is 12.0. The van der Waals surface area contributed by atoms with Crippen molar-refractivity contribution in [2.45, 2.75) is 0 Å². The molecule has 0 aliphatic carbocycles. The first-order valence-corrected chi connectivity index (χ1v) is 5.76. The highest BCUT2D eigenvalue weighted by molar-refractivity contribution is 6.31. The number of nitro groups is 1. The van der Waals surface area contributed by atoms with Crippen LogP contribution in [0, 0.1) is 10.1 Å². The molecule has 0 heterocycles. The second-order valence-corrected chi connectivity index (χ2v) is 4.18. The smallest absolute Gasteiger partial charge is 0.282 e. The van der Waals surface area contributed by atoms with Crippen molar-refractivity contribution in [1.29, 1.82) is 0 Å². The summed E-state index contributed by atoms with van der Waals surface area (Å²) < 4.78 is 0. The van der Waals surface area contributed by atoms with Crippen molar-refractivity contribution in [1.82, 2.24) is 0 Å². The predicted molar refractivity (Wildman–Crippen MR) is 76.1 cm³/mol. The van der Waals surface area contributed by atoms with Gasteiger partial charge in [0, 0.05) is 16.8 Å². The van der Waals surface area contributed by atoms with E-state index < -0.39 is 10.8 Å². The van der Waals surface area contributed by atoms with E-state index in [0.717, 1.165) is 0 Å². The summed E-state index contributed by atoms with van der Waals surface area (Å²) in [6.45, 7) is 0. The highest BCUT2D eigenvalue weighted by Gasteiger charge is 2.19. The molecule has 6 nitrogen and oxygen atoms in total. The van der Waals surface area contributed by atoms with Gasteiger partial charge in [0.15, 0.2) is 0 Å². The van der Waals surface area contributed by atoms with Gasteiger partial charge in [0.25, 0.3) is 11.6 Å². The molecule has 104 valence electrons. The maximum Gasteiger partial charge on any atom is 0.282 e. The molecule has 2 aromatic carbocycles. The molecule has 0 saturated carbocycles. The molecule has 0 radical (unpaired) electrons. The molecule has 0 aliphatic heterocycles. The van der Waals surface area contributed by atoms with E-state index in [-0.39, 0.29) is 16.7 Å². The van der Waals surface area contributed by atoms with E-state index >= 15 is 0 Å². The Morgan fingerprint density at radius 2 is 1.85 bits per heavy atom. The molecule has 2 aromatic rings. The van der Waals surface area contributed by atoms with E-state index in [0.29, 0.717) is 10.7 Å². The zero-order valence-electron chi connectivity index (χ0n) is 10.2. The summed E-state index contributed by atoms with van der Waals surface area (Å²) >= 11 is 5.80. The molecule has 0 saturated heterocycles. The fraction of sp³-hybridized carbons (Fsp3) is 0. The van der Waals surface area contributed by atoms with Gasteiger partial charge in [0.1, 0.15) is 5.56 Å². The van der Waals surface area contributed by atoms with Crippen LogP contribution >= 0.6 is 11.6 Å². The normalized spacial score (nSPS) is 9.45. The summed E-state index contributed by atoms with van der Waals surface area (Å²) in [4.78, 5) is 22.2. The minimum atomic E-state index is -0.590.